The molecule has 0 aliphatic heterocycles. The van der Waals surface area contributed by atoms with Crippen molar-refractivity contribution in [2.24, 2.45) is 0 Å². The van der Waals surface area contributed by atoms with E-state index in [1.54, 1.807) is 0 Å². The highest BCUT2D eigenvalue weighted by Gasteiger charge is 2.16. The zero-order chi connectivity index (χ0) is 32.8. The fourth-order valence-corrected chi connectivity index (χ4v) is 8.25. The van der Waals surface area contributed by atoms with E-state index in [-0.39, 0.29) is 0 Å². The summed E-state index contributed by atoms with van der Waals surface area (Å²) in [5.41, 5.74) is 10.2. The van der Waals surface area contributed by atoms with Crippen LogP contribution in [0.25, 0.3) is 104 Å². The Morgan fingerprint density at radius 2 is 0.800 bits per heavy atom. The molecule has 0 fully saturated rings. The minimum atomic E-state index is 0.908. The zero-order valence-corrected chi connectivity index (χ0v) is 27.1. The molecule has 0 aliphatic rings. The summed E-state index contributed by atoms with van der Waals surface area (Å²) in [6.07, 6.45) is 0. The van der Waals surface area contributed by atoms with Gasteiger partial charge in [-0.25, -0.2) is 0 Å². The first-order chi connectivity index (χ1) is 24.8. The van der Waals surface area contributed by atoms with Crippen molar-refractivity contribution in [2.75, 3.05) is 0 Å². The molecule has 50 heavy (non-hydrogen) atoms. The second-order valence-corrected chi connectivity index (χ2v) is 13.3. The Labute approximate surface area is 288 Å². The van der Waals surface area contributed by atoms with Crippen molar-refractivity contribution >= 4 is 76.1 Å². The predicted octanol–water partition coefficient (Wildman–Crippen LogP) is 13.5. The van der Waals surface area contributed by atoms with Gasteiger partial charge in [-0.1, -0.05) is 121 Å². The van der Waals surface area contributed by atoms with Gasteiger partial charge in [0.1, 0.15) is 11.2 Å². The summed E-state index contributed by atoms with van der Waals surface area (Å²) >= 11 is 0. The molecule has 0 aliphatic carbocycles. The fourth-order valence-electron chi connectivity index (χ4n) is 8.25. The Balaban J connectivity index is 1.06. The van der Waals surface area contributed by atoms with Gasteiger partial charge in [-0.15, -0.1) is 0 Å². The summed E-state index contributed by atoms with van der Waals surface area (Å²) in [6.45, 7) is 0. The molecule has 11 aromatic rings. The number of benzene rings is 9. The standard InChI is InChI=1S/C48H29NO/c1-2-14-37-35(12-1)36-13-3-4-15-38(36)42-27-32(20-23-39(37)42)30-10-9-11-31(26-30)33-21-24-46-43(28-33)40-16-5-7-18-45(40)49(46)34-22-25-48-44(29-34)41-17-6-8-19-47(41)50-48/h1-29H. The van der Waals surface area contributed by atoms with Crippen molar-refractivity contribution in [1.82, 2.24) is 4.57 Å². The van der Waals surface area contributed by atoms with Crippen molar-refractivity contribution in [3.8, 4) is 27.9 Å². The quantitative estimate of drug-likeness (QED) is 0.177. The SMILES string of the molecule is c1cc(-c2ccc3c4ccccc4c4ccccc4c3c2)cc(-c2ccc3c(c2)c2ccccc2n3-c2ccc3oc4ccccc4c3c2)c1. The van der Waals surface area contributed by atoms with Gasteiger partial charge in [0, 0.05) is 27.2 Å². The number of hydrogen-bond acceptors (Lipinski definition) is 1. The Morgan fingerprint density at radius 1 is 0.280 bits per heavy atom. The van der Waals surface area contributed by atoms with Crippen LogP contribution in [-0.2, 0) is 0 Å². The third-order valence-electron chi connectivity index (χ3n) is 10.6. The minimum Gasteiger partial charge on any atom is -0.456 e. The van der Waals surface area contributed by atoms with Crippen LogP contribution in [0.15, 0.2) is 180 Å². The van der Waals surface area contributed by atoms with Crippen molar-refractivity contribution in [3.05, 3.63) is 176 Å². The van der Waals surface area contributed by atoms with Crippen molar-refractivity contribution in [2.45, 2.75) is 0 Å². The molecular formula is C48H29NO. The topological polar surface area (TPSA) is 18.1 Å². The van der Waals surface area contributed by atoms with Crippen LogP contribution in [0.2, 0.25) is 0 Å². The molecule has 0 saturated heterocycles. The molecule has 232 valence electrons. The highest BCUT2D eigenvalue weighted by Crippen LogP contribution is 2.40. The molecule has 2 heteroatoms. The van der Waals surface area contributed by atoms with E-state index in [1.165, 1.54) is 76.4 Å². The van der Waals surface area contributed by atoms with E-state index in [0.717, 1.165) is 27.6 Å². The van der Waals surface area contributed by atoms with Gasteiger partial charge in [0.05, 0.1) is 11.0 Å². The lowest BCUT2D eigenvalue weighted by Crippen LogP contribution is -1.93. The van der Waals surface area contributed by atoms with E-state index in [4.69, 9.17) is 4.42 Å². The maximum Gasteiger partial charge on any atom is 0.135 e. The van der Waals surface area contributed by atoms with Crippen molar-refractivity contribution in [3.63, 3.8) is 0 Å². The van der Waals surface area contributed by atoms with Crippen molar-refractivity contribution in [1.29, 1.82) is 0 Å². The third-order valence-corrected chi connectivity index (χ3v) is 10.6. The molecule has 0 bridgehead atoms. The average Bonchev–Trinajstić information content (AvgIpc) is 3.73. The molecule has 2 aromatic heterocycles. The van der Waals surface area contributed by atoms with Gasteiger partial charge < -0.3 is 8.98 Å². The number of aromatic nitrogens is 1. The Kier molecular flexibility index (Phi) is 5.70. The van der Waals surface area contributed by atoms with Crippen LogP contribution in [0.1, 0.15) is 0 Å². The summed E-state index contributed by atoms with van der Waals surface area (Å²) in [5, 5.41) is 12.5. The molecule has 2 nitrogen and oxygen atoms in total. The maximum absolute atomic E-state index is 6.15. The monoisotopic (exact) mass is 635 g/mol. The molecule has 11 rings (SSSR count). The van der Waals surface area contributed by atoms with Gasteiger partial charge in [0.2, 0.25) is 0 Å². The van der Waals surface area contributed by atoms with E-state index < -0.39 is 0 Å². The summed E-state index contributed by atoms with van der Waals surface area (Å²) < 4.78 is 8.54. The van der Waals surface area contributed by atoms with Crippen LogP contribution in [0, 0.1) is 0 Å². The smallest absolute Gasteiger partial charge is 0.135 e. The van der Waals surface area contributed by atoms with Crippen LogP contribution in [-0.4, -0.2) is 4.57 Å². The normalized spacial score (nSPS) is 12.0. The molecule has 0 N–H and O–H groups in total. The number of para-hydroxylation sites is 2. The van der Waals surface area contributed by atoms with E-state index in [9.17, 15) is 0 Å². The first-order valence-corrected chi connectivity index (χ1v) is 17.2. The predicted molar refractivity (Wildman–Crippen MR) is 211 cm³/mol. The van der Waals surface area contributed by atoms with E-state index in [0.29, 0.717) is 0 Å². The van der Waals surface area contributed by atoms with E-state index in [1.807, 2.05) is 12.1 Å². The number of furan rings is 1. The largest absolute Gasteiger partial charge is 0.456 e. The van der Waals surface area contributed by atoms with Crippen molar-refractivity contribution < 1.29 is 4.42 Å². The fraction of sp³-hybridized carbons (Fsp3) is 0. The second kappa shape index (κ2) is 10.4. The molecule has 0 spiro atoms. The summed E-state index contributed by atoms with van der Waals surface area (Å²) in [4.78, 5) is 0. The molecule has 0 saturated carbocycles. The van der Waals surface area contributed by atoms with Crippen LogP contribution in [0.3, 0.4) is 0 Å². The molecule has 0 atom stereocenters. The van der Waals surface area contributed by atoms with Crippen LogP contribution in [0.4, 0.5) is 0 Å². The summed E-state index contributed by atoms with van der Waals surface area (Å²) in [5.74, 6) is 0. The lowest BCUT2D eigenvalue weighted by Gasteiger charge is -2.13. The van der Waals surface area contributed by atoms with E-state index >= 15 is 0 Å². The average molecular weight is 636 g/mol. The second-order valence-electron chi connectivity index (χ2n) is 13.3. The van der Waals surface area contributed by atoms with Crippen LogP contribution < -0.4 is 0 Å². The summed E-state index contributed by atoms with van der Waals surface area (Å²) in [7, 11) is 0. The molecule has 0 radical (unpaired) electrons. The molecule has 0 unspecified atom stereocenters. The van der Waals surface area contributed by atoms with Gasteiger partial charge in [0.25, 0.3) is 0 Å². The first-order valence-electron chi connectivity index (χ1n) is 17.2. The summed E-state index contributed by atoms with van der Waals surface area (Å²) in [6, 6.07) is 63.9. The maximum atomic E-state index is 6.15. The van der Waals surface area contributed by atoms with Gasteiger partial charge in [-0.3, -0.25) is 0 Å². The minimum absolute atomic E-state index is 0.908. The highest BCUT2D eigenvalue weighted by atomic mass is 16.3. The van der Waals surface area contributed by atoms with Gasteiger partial charge in [-0.05, 0) is 109 Å². The van der Waals surface area contributed by atoms with Crippen LogP contribution in [0.5, 0.6) is 0 Å². The number of fused-ring (bicyclic) bond motifs is 12. The number of hydrogen-bond donors (Lipinski definition) is 0. The zero-order valence-electron chi connectivity index (χ0n) is 27.1. The first kappa shape index (κ1) is 27.3. The highest BCUT2D eigenvalue weighted by molar-refractivity contribution is 6.25. The lowest BCUT2D eigenvalue weighted by atomic mass is 9.91. The van der Waals surface area contributed by atoms with Gasteiger partial charge in [-0.2, -0.15) is 0 Å². The Morgan fingerprint density at radius 3 is 1.54 bits per heavy atom. The Bertz CT molecular complexity index is 3120. The molecular weight excluding hydrogens is 607 g/mol. The molecule has 9 aromatic carbocycles. The van der Waals surface area contributed by atoms with Gasteiger partial charge >= 0.3 is 0 Å². The number of rotatable bonds is 3. The van der Waals surface area contributed by atoms with E-state index in [2.05, 4.69) is 168 Å². The Hall–Kier alpha value is -6.64. The number of nitrogens with zero attached hydrogens (tertiary/aromatic N) is 1. The third kappa shape index (κ3) is 3.96. The molecule has 0 amide bonds. The molecule has 2 heterocycles. The lowest BCUT2D eigenvalue weighted by molar-refractivity contribution is 0.669. The van der Waals surface area contributed by atoms with Crippen LogP contribution >= 0.6 is 0 Å². The van der Waals surface area contributed by atoms with Gasteiger partial charge in [0.15, 0.2) is 0 Å².